The minimum atomic E-state index is -3.47. The Bertz CT molecular complexity index is 767. The van der Waals surface area contributed by atoms with Gasteiger partial charge in [-0.3, -0.25) is 0 Å². The first-order valence-corrected chi connectivity index (χ1v) is 9.22. The Morgan fingerprint density at radius 1 is 1.43 bits per heavy atom. The van der Waals surface area contributed by atoms with Crippen molar-refractivity contribution in [1.29, 1.82) is 0 Å². The van der Waals surface area contributed by atoms with E-state index in [9.17, 15) is 8.42 Å². The molecule has 1 aliphatic rings. The fraction of sp³-hybridized carbons (Fsp3) is 0.500. The fourth-order valence-electron chi connectivity index (χ4n) is 2.67. The molecule has 3 rings (SSSR count). The third-order valence-corrected chi connectivity index (χ3v) is 6.85. The van der Waals surface area contributed by atoms with Crippen LogP contribution < -0.4 is 5.73 Å². The van der Waals surface area contributed by atoms with Crippen molar-refractivity contribution in [3.05, 3.63) is 23.7 Å². The molecule has 2 aromatic rings. The number of piperidine rings is 1. The highest BCUT2D eigenvalue weighted by Crippen LogP contribution is 2.32. The number of aromatic nitrogens is 1. The number of hydrogen-bond acceptors (Lipinski definition) is 5. The van der Waals surface area contributed by atoms with Crippen LogP contribution in [0.3, 0.4) is 0 Å². The lowest BCUT2D eigenvalue weighted by Crippen LogP contribution is -2.53. The van der Waals surface area contributed by atoms with Gasteiger partial charge in [0, 0.05) is 19.1 Å². The van der Waals surface area contributed by atoms with Crippen LogP contribution >= 0.6 is 11.3 Å². The topological polar surface area (TPSA) is 76.3 Å². The lowest BCUT2D eigenvalue weighted by molar-refractivity contribution is 0.155. The largest absolute Gasteiger partial charge is 0.327 e. The molecule has 1 aliphatic heterocycles. The van der Waals surface area contributed by atoms with Gasteiger partial charge in [0.2, 0.25) is 10.0 Å². The van der Waals surface area contributed by atoms with E-state index in [0.29, 0.717) is 24.4 Å². The van der Waals surface area contributed by atoms with Crippen molar-refractivity contribution >= 4 is 31.6 Å². The summed E-state index contributed by atoms with van der Waals surface area (Å²) < 4.78 is 28.1. The van der Waals surface area contributed by atoms with E-state index in [1.54, 1.807) is 28.0 Å². The van der Waals surface area contributed by atoms with Crippen molar-refractivity contribution < 1.29 is 8.42 Å². The predicted molar refractivity (Wildman–Crippen MR) is 84.8 cm³/mol. The molecular formula is C14H19N3O2S2. The second-order valence-corrected chi connectivity index (χ2v) is 9.03. The van der Waals surface area contributed by atoms with Crippen LogP contribution in [0.2, 0.25) is 0 Å². The average Bonchev–Trinajstić information content (AvgIpc) is 2.88. The predicted octanol–water partition coefficient (Wildman–Crippen LogP) is 2.04. The van der Waals surface area contributed by atoms with Gasteiger partial charge in [0.15, 0.2) is 0 Å². The molecule has 1 fully saturated rings. The number of benzene rings is 1. The molecule has 1 aromatic carbocycles. The van der Waals surface area contributed by atoms with Gasteiger partial charge in [-0.15, -0.1) is 11.3 Å². The lowest BCUT2D eigenvalue weighted by atomic mass is 9.81. The SMILES string of the molecule is CC1(C)CN(S(=O)(=O)c2ccc3ncsc3c2)CCC1N. The quantitative estimate of drug-likeness (QED) is 0.917. The van der Waals surface area contributed by atoms with E-state index in [0.717, 1.165) is 10.2 Å². The zero-order valence-corrected chi connectivity index (χ0v) is 13.7. The maximum atomic E-state index is 12.8. The third kappa shape index (κ3) is 2.59. The minimum Gasteiger partial charge on any atom is -0.327 e. The number of nitrogens with zero attached hydrogens (tertiary/aromatic N) is 2. The first kappa shape index (κ1) is 14.9. The molecule has 114 valence electrons. The number of rotatable bonds is 2. The summed E-state index contributed by atoms with van der Waals surface area (Å²) in [6.07, 6.45) is 0.690. The smallest absolute Gasteiger partial charge is 0.243 e. The van der Waals surface area contributed by atoms with Crippen LogP contribution in [0.4, 0.5) is 0 Å². The van der Waals surface area contributed by atoms with Crippen LogP contribution in [0.5, 0.6) is 0 Å². The summed E-state index contributed by atoms with van der Waals surface area (Å²) in [5, 5.41) is 0. The van der Waals surface area contributed by atoms with Crippen molar-refractivity contribution in [2.45, 2.75) is 31.2 Å². The van der Waals surface area contributed by atoms with Gasteiger partial charge in [-0.05, 0) is 30.0 Å². The monoisotopic (exact) mass is 325 g/mol. The molecule has 1 atom stereocenters. The van der Waals surface area contributed by atoms with Crippen LogP contribution in [-0.4, -0.2) is 36.8 Å². The molecule has 0 bridgehead atoms. The Hall–Kier alpha value is -1.02. The molecule has 2 heterocycles. The van der Waals surface area contributed by atoms with Gasteiger partial charge in [-0.2, -0.15) is 4.31 Å². The second-order valence-electron chi connectivity index (χ2n) is 6.20. The molecule has 0 spiro atoms. The summed E-state index contributed by atoms with van der Waals surface area (Å²) in [6, 6.07) is 5.15. The molecular weight excluding hydrogens is 306 g/mol. The molecule has 21 heavy (non-hydrogen) atoms. The van der Waals surface area contributed by atoms with E-state index in [1.165, 1.54) is 11.3 Å². The summed E-state index contributed by atoms with van der Waals surface area (Å²) in [5.74, 6) is 0. The van der Waals surface area contributed by atoms with Crippen molar-refractivity contribution in [3.63, 3.8) is 0 Å². The Labute approximate surface area is 128 Å². The highest BCUT2D eigenvalue weighted by molar-refractivity contribution is 7.89. The van der Waals surface area contributed by atoms with Crippen molar-refractivity contribution in [3.8, 4) is 0 Å². The molecule has 0 radical (unpaired) electrons. The summed E-state index contributed by atoms with van der Waals surface area (Å²) in [6.45, 7) is 4.97. The van der Waals surface area contributed by atoms with Crippen molar-refractivity contribution in [2.75, 3.05) is 13.1 Å². The van der Waals surface area contributed by atoms with Gasteiger partial charge in [-0.1, -0.05) is 13.8 Å². The molecule has 5 nitrogen and oxygen atoms in total. The van der Waals surface area contributed by atoms with E-state index < -0.39 is 10.0 Å². The molecule has 1 aromatic heterocycles. The summed E-state index contributed by atoms with van der Waals surface area (Å²) in [4.78, 5) is 4.52. The second kappa shape index (κ2) is 5.01. The Kier molecular flexibility index (Phi) is 3.56. The molecule has 1 saturated heterocycles. The van der Waals surface area contributed by atoms with Crippen LogP contribution in [0.25, 0.3) is 10.2 Å². The summed E-state index contributed by atoms with van der Waals surface area (Å²) in [5.41, 5.74) is 8.44. The van der Waals surface area contributed by atoms with E-state index >= 15 is 0 Å². The minimum absolute atomic E-state index is 0.0351. The standard InChI is InChI=1S/C14H19N3O2S2/c1-14(2)8-17(6-5-13(14)15)21(18,19)10-3-4-11-12(7-10)20-9-16-11/h3-4,7,9,13H,5-6,8,15H2,1-2H3. The number of nitrogens with two attached hydrogens (primary N) is 1. The molecule has 0 saturated carbocycles. The van der Waals surface area contributed by atoms with Crippen LogP contribution in [0.15, 0.2) is 28.6 Å². The van der Waals surface area contributed by atoms with E-state index in [-0.39, 0.29) is 11.5 Å². The van der Waals surface area contributed by atoms with Crippen LogP contribution in [-0.2, 0) is 10.0 Å². The average molecular weight is 325 g/mol. The zero-order chi connectivity index (χ0) is 15.3. The highest BCUT2D eigenvalue weighted by Gasteiger charge is 2.38. The van der Waals surface area contributed by atoms with E-state index in [1.807, 2.05) is 13.8 Å². The van der Waals surface area contributed by atoms with Crippen LogP contribution in [0, 0.1) is 5.41 Å². The maximum Gasteiger partial charge on any atom is 0.243 e. The van der Waals surface area contributed by atoms with Crippen LogP contribution in [0.1, 0.15) is 20.3 Å². The zero-order valence-electron chi connectivity index (χ0n) is 12.1. The van der Waals surface area contributed by atoms with E-state index in [4.69, 9.17) is 5.73 Å². The molecule has 1 unspecified atom stereocenters. The highest BCUT2D eigenvalue weighted by atomic mass is 32.2. The number of thiazole rings is 1. The number of fused-ring (bicyclic) bond motifs is 1. The lowest BCUT2D eigenvalue weighted by Gasteiger charge is -2.41. The Morgan fingerprint density at radius 3 is 2.90 bits per heavy atom. The van der Waals surface area contributed by atoms with Gasteiger partial charge in [0.25, 0.3) is 0 Å². The van der Waals surface area contributed by atoms with Crippen molar-refractivity contribution in [2.24, 2.45) is 11.1 Å². The van der Waals surface area contributed by atoms with Gasteiger partial charge in [0.05, 0.1) is 20.6 Å². The Balaban J connectivity index is 1.96. The summed E-state index contributed by atoms with van der Waals surface area (Å²) in [7, 11) is -3.47. The van der Waals surface area contributed by atoms with Gasteiger partial charge < -0.3 is 5.73 Å². The molecule has 0 amide bonds. The maximum absolute atomic E-state index is 12.8. The number of hydrogen-bond donors (Lipinski definition) is 1. The van der Waals surface area contributed by atoms with E-state index in [2.05, 4.69) is 4.98 Å². The van der Waals surface area contributed by atoms with Gasteiger partial charge in [0.1, 0.15) is 0 Å². The molecule has 2 N–H and O–H groups in total. The number of sulfonamides is 1. The first-order chi connectivity index (χ1) is 9.80. The first-order valence-electron chi connectivity index (χ1n) is 6.90. The Morgan fingerprint density at radius 2 is 2.19 bits per heavy atom. The molecule has 7 heteroatoms. The van der Waals surface area contributed by atoms with Crippen molar-refractivity contribution in [1.82, 2.24) is 9.29 Å². The fourth-order valence-corrected chi connectivity index (χ4v) is 5.12. The van der Waals surface area contributed by atoms with Gasteiger partial charge >= 0.3 is 0 Å². The summed E-state index contributed by atoms with van der Waals surface area (Å²) >= 11 is 1.45. The van der Waals surface area contributed by atoms with Gasteiger partial charge in [-0.25, -0.2) is 13.4 Å². The normalized spacial score (nSPS) is 23.5. The third-order valence-electron chi connectivity index (χ3n) is 4.22. The molecule has 0 aliphatic carbocycles.